The van der Waals surface area contributed by atoms with Crippen LogP contribution in [-0.4, -0.2) is 19.8 Å². The van der Waals surface area contributed by atoms with Crippen LogP contribution in [-0.2, 0) is 10.0 Å². The van der Waals surface area contributed by atoms with E-state index in [1.807, 2.05) is 0 Å². The molecule has 3 rings (SSSR count). The monoisotopic (exact) mass is 390 g/mol. The molecule has 0 aliphatic heterocycles. The molecule has 2 N–H and O–H groups in total. The number of nitrogens with one attached hydrogen (secondary N) is 2. The molecule has 0 unspecified atom stereocenters. The first kappa shape index (κ1) is 17.3. The zero-order chi connectivity index (χ0) is 18.2. The van der Waals surface area contributed by atoms with Crippen molar-refractivity contribution in [3.8, 4) is 5.75 Å². The first-order valence-corrected chi connectivity index (χ1v) is 8.94. The minimum absolute atomic E-state index is 0.0666. The van der Waals surface area contributed by atoms with Crippen LogP contribution in [0.15, 0.2) is 52.2 Å². The highest BCUT2D eigenvalue weighted by atomic mass is 32.2. The van der Waals surface area contributed by atoms with Crippen molar-refractivity contribution in [2.24, 2.45) is 0 Å². The number of rotatable bonds is 4. The van der Waals surface area contributed by atoms with Crippen LogP contribution in [0.4, 0.5) is 18.9 Å². The molecule has 0 aliphatic carbocycles. The lowest BCUT2D eigenvalue weighted by Crippen LogP contribution is -2.17. The summed E-state index contributed by atoms with van der Waals surface area (Å²) in [5.41, 5.74) is 0.583. The number of fused-ring (bicyclic) bond motifs is 1. The number of benzene rings is 2. The summed E-state index contributed by atoms with van der Waals surface area (Å²) in [7, 11) is -3.97. The zero-order valence-electron chi connectivity index (χ0n) is 12.1. The summed E-state index contributed by atoms with van der Waals surface area (Å²) in [6.45, 7) is 0. The van der Waals surface area contributed by atoms with Gasteiger partial charge in [0.1, 0.15) is 5.75 Å². The van der Waals surface area contributed by atoms with Crippen molar-refractivity contribution in [1.82, 2.24) is 4.98 Å². The summed E-state index contributed by atoms with van der Waals surface area (Å²) >= 11 is 0.870. The summed E-state index contributed by atoms with van der Waals surface area (Å²) < 4.78 is 67.5. The largest absolute Gasteiger partial charge is 0.573 e. The fourth-order valence-electron chi connectivity index (χ4n) is 2.03. The topological polar surface area (TPSA) is 88.3 Å². The Bertz CT molecular complexity index is 1070. The number of anilines is 1. The maximum atomic E-state index is 12.4. The van der Waals surface area contributed by atoms with Crippen molar-refractivity contribution in [3.05, 3.63) is 52.1 Å². The number of H-pyrrole nitrogens is 1. The van der Waals surface area contributed by atoms with Gasteiger partial charge in [0.15, 0.2) is 0 Å². The Hall–Kier alpha value is -2.53. The normalized spacial score (nSPS) is 12.3. The molecule has 0 aliphatic rings. The second-order valence-corrected chi connectivity index (χ2v) is 7.55. The predicted molar refractivity (Wildman–Crippen MR) is 86.4 cm³/mol. The minimum Gasteiger partial charge on any atom is -0.406 e. The number of ether oxygens (including phenoxy) is 1. The minimum atomic E-state index is -4.82. The van der Waals surface area contributed by atoms with E-state index in [-0.39, 0.29) is 15.5 Å². The summed E-state index contributed by atoms with van der Waals surface area (Å²) in [4.78, 5) is 13.4. The molecule has 0 bridgehead atoms. The van der Waals surface area contributed by atoms with Crippen LogP contribution in [0.1, 0.15) is 0 Å². The van der Waals surface area contributed by atoms with Gasteiger partial charge in [0.25, 0.3) is 10.0 Å². The lowest BCUT2D eigenvalue weighted by atomic mass is 10.3. The summed E-state index contributed by atoms with van der Waals surface area (Å²) in [6.07, 6.45) is -4.82. The first-order chi connectivity index (χ1) is 11.6. The van der Waals surface area contributed by atoms with Gasteiger partial charge < -0.3 is 9.72 Å². The molecular weight excluding hydrogens is 381 g/mol. The Morgan fingerprint density at radius 2 is 1.76 bits per heavy atom. The van der Waals surface area contributed by atoms with Crippen molar-refractivity contribution in [3.63, 3.8) is 0 Å². The van der Waals surface area contributed by atoms with Gasteiger partial charge >= 0.3 is 11.2 Å². The molecule has 6 nitrogen and oxygen atoms in total. The molecule has 11 heteroatoms. The van der Waals surface area contributed by atoms with Crippen molar-refractivity contribution in [2.45, 2.75) is 11.3 Å². The van der Waals surface area contributed by atoms with E-state index in [2.05, 4.69) is 14.4 Å². The lowest BCUT2D eigenvalue weighted by Gasteiger charge is -2.11. The van der Waals surface area contributed by atoms with Crippen LogP contribution in [0.3, 0.4) is 0 Å². The molecule has 132 valence electrons. The van der Waals surface area contributed by atoms with Gasteiger partial charge in [-0.2, -0.15) is 0 Å². The molecular formula is C14H9F3N2O4S2. The summed E-state index contributed by atoms with van der Waals surface area (Å²) in [6, 6.07) is 8.38. The smallest absolute Gasteiger partial charge is 0.406 e. The molecule has 1 aromatic heterocycles. The molecule has 0 fully saturated rings. The number of aromatic amines is 1. The second kappa shape index (κ2) is 6.08. The average molecular weight is 390 g/mol. The Morgan fingerprint density at radius 3 is 2.40 bits per heavy atom. The van der Waals surface area contributed by atoms with Gasteiger partial charge in [0.2, 0.25) is 0 Å². The highest BCUT2D eigenvalue weighted by molar-refractivity contribution is 7.92. The molecule has 0 saturated heterocycles. The van der Waals surface area contributed by atoms with Gasteiger partial charge in [-0.15, -0.1) is 13.2 Å². The van der Waals surface area contributed by atoms with Gasteiger partial charge in [0, 0.05) is 5.69 Å². The zero-order valence-corrected chi connectivity index (χ0v) is 13.8. The maximum absolute atomic E-state index is 12.4. The number of thiazole rings is 1. The number of hydrogen-bond acceptors (Lipinski definition) is 5. The van der Waals surface area contributed by atoms with E-state index in [0.29, 0.717) is 10.2 Å². The number of hydrogen-bond donors (Lipinski definition) is 2. The first-order valence-electron chi connectivity index (χ1n) is 6.64. The summed E-state index contributed by atoms with van der Waals surface area (Å²) in [5, 5.41) is 0. The predicted octanol–water partition coefficient (Wildman–Crippen LogP) is 3.29. The number of sulfonamides is 1. The number of alkyl halides is 3. The van der Waals surface area contributed by atoms with Crippen LogP contribution in [0, 0.1) is 0 Å². The maximum Gasteiger partial charge on any atom is 0.573 e. The Labute approximate surface area is 142 Å². The average Bonchev–Trinajstić information content (AvgIpc) is 2.86. The van der Waals surface area contributed by atoms with Gasteiger partial charge in [-0.05, 0) is 42.5 Å². The molecule has 0 saturated carbocycles. The third kappa shape index (κ3) is 4.12. The highest BCUT2D eigenvalue weighted by Crippen LogP contribution is 2.26. The molecule has 0 spiro atoms. The van der Waals surface area contributed by atoms with Crippen molar-refractivity contribution < 1.29 is 26.3 Å². The van der Waals surface area contributed by atoms with Crippen LogP contribution in [0.25, 0.3) is 10.2 Å². The van der Waals surface area contributed by atoms with E-state index >= 15 is 0 Å². The Kier molecular flexibility index (Phi) is 4.21. The van der Waals surface area contributed by atoms with Crippen molar-refractivity contribution in [1.29, 1.82) is 0 Å². The lowest BCUT2D eigenvalue weighted by molar-refractivity contribution is -0.274. The molecule has 0 radical (unpaired) electrons. The quantitative estimate of drug-likeness (QED) is 0.716. The fourth-order valence-corrected chi connectivity index (χ4v) is 3.97. The number of aromatic nitrogens is 1. The van der Waals surface area contributed by atoms with E-state index in [9.17, 15) is 26.4 Å². The molecule has 0 atom stereocenters. The Morgan fingerprint density at radius 1 is 1.08 bits per heavy atom. The molecule has 2 aromatic carbocycles. The van der Waals surface area contributed by atoms with Crippen LogP contribution in [0.5, 0.6) is 5.75 Å². The van der Waals surface area contributed by atoms with E-state index in [0.717, 1.165) is 35.6 Å². The van der Waals surface area contributed by atoms with Gasteiger partial charge in [-0.3, -0.25) is 9.52 Å². The van der Waals surface area contributed by atoms with E-state index in [1.54, 1.807) is 0 Å². The molecule has 1 heterocycles. The Balaban J connectivity index is 1.83. The second-order valence-electron chi connectivity index (χ2n) is 4.85. The number of halogens is 3. The van der Waals surface area contributed by atoms with Crippen LogP contribution in [0.2, 0.25) is 0 Å². The van der Waals surface area contributed by atoms with Crippen molar-refractivity contribution in [2.75, 3.05) is 4.72 Å². The third-order valence-corrected chi connectivity index (χ3v) is 5.27. The van der Waals surface area contributed by atoms with Crippen LogP contribution < -0.4 is 14.3 Å². The van der Waals surface area contributed by atoms with E-state index < -0.39 is 22.1 Å². The SMILES string of the molecule is O=c1[nH]c2ccc(S(=O)(=O)Nc3ccc(OC(F)(F)F)cc3)cc2s1. The molecule has 0 amide bonds. The van der Waals surface area contributed by atoms with Gasteiger partial charge in [-0.25, -0.2) is 8.42 Å². The standard InChI is InChI=1S/C14H9F3N2O4S2/c15-14(16,17)23-9-3-1-8(2-4-9)19-25(21,22)10-5-6-11-12(7-10)24-13(20)18-11/h1-7,19H,(H,18,20). The fraction of sp³-hybridized carbons (Fsp3) is 0.0714. The van der Waals surface area contributed by atoms with Crippen molar-refractivity contribution >= 4 is 37.3 Å². The van der Waals surface area contributed by atoms with Gasteiger partial charge in [0.05, 0.1) is 15.1 Å². The molecule has 25 heavy (non-hydrogen) atoms. The van der Waals surface area contributed by atoms with Crippen LogP contribution >= 0.6 is 11.3 Å². The van der Waals surface area contributed by atoms with Gasteiger partial charge in [-0.1, -0.05) is 11.3 Å². The molecule has 3 aromatic rings. The third-order valence-electron chi connectivity index (χ3n) is 3.04. The van der Waals surface area contributed by atoms with E-state index in [4.69, 9.17) is 0 Å². The van der Waals surface area contributed by atoms with E-state index in [1.165, 1.54) is 18.2 Å². The highest BCUT2D eigenvalue weighted by Gasteiger charge is 2.31. The summed E-state index contributed by atoms with van der Waals surface area (Å²) in [5.74, 6) is -0.464.